The summed E-state index contributed by atoms with van der Waals surface area (Å²) in [6.45, 7) is 0. The molecule has 2 rings (SSSR count). The first-order valence-corrected chi connectivity index (χ1v) is 7.45. The van der Waals surface area contributed by atoms with Crippen LogP contribution in [0, 0.1) is 0 Å². The van der Waals surface area contributed by atoms with Gasteiger partial charge in [-0.2, -0.15) is 0 Å². The van der Waals surface area contributed by atoms with Gasteiger partial charge in [-0.15, -0.1) is 0 Å². The number of hydrogen-bond donors (Lipinski definition) is 1. The van der Waals surface area contributed by atoms with Crippen LogP contribution in [0.5, 0.6) is 0 Å². The highest BCUT2D eigenvalue weighted by Gasteiger charge is 2.23. The number of rotatable bonds is 4. The Balaban J connectivity index is 2.38. The van der Waals surface area contributed by atoms with Crippen molar-refractivity contribution in [2.75, 3.05) is 0 Å². The largest absolute Gasteiger partial charge is 0.481 e. The molecular weight excluding hydrogens is 363 g/mol. The van der Waals surface area contributed by atoms with Gasteiger partial charge < -0.3 is 5.11 Å². The minimum atomic E-state index is -0.895. The molecule has 104 valence electrons. The summed E-state index contributed by atoms with van der Waals surface area (Å²) in [5.41, 5.74) is 1.44. The molecule has 0 amide bonds. The fraction of sp³-hybridized carbons (Fsp3) is 0.133. The van der Waals surface area contributed by atoms with E-state index in [0.717, 1.165) is 15.6 Å². The summed E-state index contributed by atoms with van der Waals surface area (Å²) in [5.74, 6) is -1.57. The van der Waals surface area contributed by atoms with Crippen LogP contribution < -0.4 is 0 Å². The van der Waals surface area contributed by atoms with E-state index in [4.69, 9.17) is 23.2 Å². The predicted molar refractivity (Wildman–Crippen MR) is 84.7 cm³/mol. The second-order valence-corrected chi connectivity index (χ2v) is 6.05. The molecule has 0 aliphatic heterocycles. The number of carbonyl (C=O) groups is 1. The van der Waals surface area contributed by atoms with Gasteiger partial charge in [-0.3, -0.25) is 4.79 Å². The average Bonchev–Trinajstić information content (AvgIpc) is 2.40. The predicted octanol–water partition coefficient (Wildman–Crippen LogP) is 5.17. The van der Waals surface area contributed by atoms with Gasteiger partial charge in [0, 0.05) is 14.5 Å². The lowest BCUT2D eigenvalue weighted by molar-refractivity contribution is -0.138. The molecule has 0 saturated heterocycles. The molecule has 0 fully saturated rings. The van der Waals surface area contributed by atoms with E-state index in [2.05, 4.69) is 15.9 Å². The highest BCUT2D eigenvalue weighted by molar-refractivity contribution is 9.10. The summed E-state index contributed by atoms with van der Waals surface area (Å²) in [7, 11) is 0. The monoisotopic (exact) mass is 372 g/mol. The zero-order chi connectivity index (χ0) is 14.7. The van der Waals surface area contributed by atoms with E-state index < -0.39 is 11.9 Å². The van der Waals surface area contributed by atoms with E-state index in [0.29, 0.717) is 10.0 Å². The van der Waals surface area contributed by atoms with E-state index >= 15 is 0 Å². The van der Waals surface area contributed by atoms with Gasteiger partial charge >= 0.3 is 5.97 Å². The van der Waals surface area contributed by atoms with Crippen molar-refractivity contribution in [3.63, 3.8) is 0 Å². The zero-order valence-corrected chi connectivity index (χ0v) is 13.4. The molecule has 0 bridgehead atoms. The first-order valence-electron chi connectivity index (χ1n) is 5.90. The Bertz CT molecular complexity index is 644. The third kappa shape index (κ3) is 3.54. The highest BCUT2D eigenvalue weighted by atomic mass is 79.9. The Morgan fingerprint density at radius 2 is 1.90 bits per heavy atom. The second-order valence-electron chi connectivity index (χ2n) is 4.35. The fourth-order valence-corrected chi connectivity index (χ4v) is 2.96. The van der Waals surface area contributed by atoms with Crippen LogP contribution in [-0.4, -0.2) is 11.1 Å². The molecule has 0 spiro atoms. The van der Waals surface area contributed by atoms with Crippen LogP contribution >= 0.6 is 39.1 Å². The molecule has 2 aromatic carbocycles. The normalized spacial score (nSPS) is 12.2. The molecule has 1 unspecified atom stereocenters. The molecule has 0 aromatic heterocycles. The summed E-state index contributed by atoms with van der Waals surface area (Å²) in [5, 5.41) is 10.5. The zero-order valence-electron chi connectivity index (χ0n) is 10.3. The Morgan fingerprint density at radius 3 is 2.55 bits per heavy atom. The molecule has 0 aliphatic carbocycles. The van der Waals surface area contributed by atoms with Crippen LogP contribution in [-0.2, 0) is 11.2 Å². The number of aliphatic carboxylic acids is 1. The second kappa shape index (κ2) is 6.61. The smallest absolute Gasteiger partial charge is 0.311 e. The molecule has 5 heteroatoms. The lowest BCUT2D eigenvalue weighted by Crippen LogP contribution is -2.15. The fourth-order valence-electron chi connectivity index (χ4n) is 2.01. The van der Waals surface area contributed by atoms with Gasteiger partial charge in [0.25, 0.3) is 0 Å². The van der Waals surface area contributed by atoms with Crippen molar-refractivity contribution in [2.45, 2.75) is 12.3 Å². The lowest BCUT2D eigenvalue weighted by Gasteiger charge is -2.15. The van der Waals surface area contributed by atoms with Gasteiger partial charge in [0.15, 0.2) is 0 Å². The van der Waals surface area contributed by atoms with Crippen LogP contribution in [0.2, 0.25) is 10.0 Å². The van der Waals surface area contributed by atoms with Crippen LogP contribution in [0.1, 0.15) is 17.0 Å². The molecule has 0 heterocycles. The van der Waals surface area contributed by atoms with E-state index in [1.165, 1.54) is 0 Å². The summed E-state index contributed by atoms with van der Waals surface area (Å²) in [6, 6.07) is 12.3. The lowest BCUT2D eigenvalue weighted by atomic mass is 9.92. The van der Waals surface area contributed by atoms with Crippen molar-refractivity contribution in [2.24, 2.45) is 0 Å². The Labute approximate surface area is 135 Å². The molecular formula is C15H11BrCl2O2. The van der Waals surface area contributed by atoms with Crippen LogP contribution in [0.15, 0.2) is 46.9 Å². The van der Waals surface area contributed by atoms with Crippen molar-refractivity contribution >= 4 is 45.1 Å². The van der Waals surface area contributed by atoms with E-state index in [1.807, 2.05) is 18.2 Å². The Kier molecular flexibility index (Phi) is 5.08. The first-order chi connectivity index (χ1) is 9.49. The minimum absolute atomic E-state index is 0.289. The molecule has 1 atom stereocenters. The van der Waals surface area contributed by atoms with E-state index in [1.54, 1.807) is 24.3 Å². The van der Waals surface area contributed by atoms with Crippen molar-refractivity contribution < 1.29 is 9.90 Å². The molecule has 20 heavy (non-hydrogen) atoms. The molecule has 1 N–H and O–H groups in total. The standard InChI is InChI=1S/C15H11BrCl2O2/c16-13-4-2-1-3-11(13)12(15(19)20)8-9-7-10(17)5-6-14(9)18/h1-7,12H,8H2,(H,19,20). The van der Waals surface area contributed by atoms with Gasteiger partial charge in [0.1, 0.15) is 0 Å². The average molecular weight is 374 g/mol. The van der Waals surface area contributed by atoms with Crippen molar-refractivity contribution in [3.8, 4) is 0 Å². The Hall–Kier alpha value is -1.03. The third-order valence-electron chi connectivity index (χ3n) is 3.01. The van der Waals surface area contributed by atoms with E-state index in [-0.39, 0.29) is 6.42 Å². The Morgan fingerprint density at radius 1 is 1.20 bits per heavy atom. The number of hydrogen-bond acceptors (Lipinski definition) is 1. The number of benzene rings is 2. The van der Waals surface area contributed by atoms with Crippen LogP contribution in [0.25, 0.3) is 0 Å². The van der Waals surface area contributed by atoms with Crippen LogP contribution in [0.3, 0.4) is 0 Å². The SMILES string of the molecule is O=C(O)C(Cc1cc(Cl)ccc1Cl)c1ccccc1Br. The van der Waals surface area contributed by atoms with Crippen molar-refractivity contribution in [3.05, 3.63) is 68.1 Å². The first kappa shape index (κ1) is 15.4. The van der Waals surface area contributed by atoms with Gasteiger partial charge in [0.2, 0.25) is 0 Å². The summed E-state index contributed by atoms with van der Waals surface area (Å²) in [6.07, 6.45) is 0.289. The van der Waals surface area contributed by atoms with E-state index in [9.17, 15) is 9.90 Å². The summed E-state index contributed by atoms with van der Waals surface area (Å²) < 4.78 is 0.769. The molecule has 2 aromatic rings. The number of halogens is 3. The number of carboxylic acid groups (broad SMARTS) is 1. The maximum Gasteiger partial charge on any atom is 0.311 e. The molecule has 0 aliphatic rings. The minimum Gasteiger partial charge on any atom is -0.481 e. The van der Waals surface area contributed by atoms with Gasteiger partial charge in [-0.25, -0.2) is 0 Å². The van der Waals surface area contributed by atoms with Gasteiger partial charge in [-0.1, -0.05) is 57.3 Å². The van der Waals surface area contributed by atoms with Gasteiger partial charge in [-0.05, 0) is 41.8 Å². The summed E-state index contributed by atoms with van der Waals surface area (Å²) >= 11 is 15.4. The van der Waals surface area contributed by atoms with Gasteiger partial charge in [0.05, 0.1) is 5.92 Å². The van der Waals surface area contributed by atoms with Crippen LogP contribution in [0.4, 0.5) is 0 Å². The molecule has 0 radical (unpaired) electrons. The maximum absolute atomic E-state index is 11.6. The molecule has 2 nitrogen and oxygen atoms in total. The highest BCUT2D eigenvalue weighted by Crippen LogP contribution is 2.31. The molecule has 0 saturated carbocycles. The van der Waals surface area contributed by atoms with Crippen molar-refractivity contribution in [1.82, 2.24) is 0 Å². The number of carboxylic acids is 1. The van der Waals surface area contributed by atoms with Crippen molar-refractivity contribution in [1.29, 1.82) is 0 Å². The third-order valence-corrected chi connectivity index (χ3v) is 4.34. The topological polar surface area (TPSA) is 37.3 Å². The maximum atomic E-state index is 11.6. The summed E-state index contributed by atoms with van der Waals surface area (Å²) in [4.78, 5) is 11.6. The quantitative estimate of drug-likeness (QED) is 0.802.